The lowest BCUT2D eigenvalue weighted by atomic mass is 9.97. The molecule has 0 aromatic heterocycles. The Labute approximate surface area is 130 Å². The van der Waals surface area contributed by atoms with Crippen molar-refractivity contribution in [3.8, 4) is 11.5 Å². The molecule has 3 aliphatic rings. The zero-order valence-corrected chi connectivity index (χ0v) is 12.7. The number of rotatable bonds is 0. The highest BCUT2D eigenvalue weighted by Crippen LogP contribution is 2.60. The van der Waals surface area contributed by atoms with E-state index in [2.05, 4.69) is 24.3 Å². The maximum Gasteiger partial charge on any atom is 0.142 e. The molecule has 0 N–H and O–H groups in total. The number of hydrogen-bond donors (Lipinski definition) is 0. The summed E-state index contributed by atoms with van der Waals surface area (Å²) >= 11 is 9.99. The predicted octanol–water partition coefficient (Wildman–Crippen LogP) is 6.00. The average molecular weight is 317 g/mol. The molecule has 20 heavy (non-hydrogen) atoms. The second-order valence-corrected chi connectivity index (χ2v) is 7.81. The van der Waals surface area contributed by atoms with Crippen LogP contribution in [0.25, 0.3) is 0 Å². The van der Waals surface area contributed by atoms with Crippen LogP contribution in [0.3, 0.4) is 0 Å². The first-order valence-electron chi connectivity index (χ1n) is 6.45. The second-order valence-electron chi connectivity index (χ2n) is 5.06. The molecule has 0 saturated carbocycles. The molecule has 0 fully saturated rings. The predicted molar refractivity (Wildman–Crippen MR) is 84.3 cm³/mol. The molecule has 2 aromatic carbocycles. The van der Waals surface area contributed by atoms with Crippen molar-refractivity contribution in [1.29, 1.82) is 0 Å². The van der Waals surface area contributed by atoms with Crippen molar-refractivity contribution in [3.63, 3.8) is 0 Å². The van der Waals surface area contributed by atoms with Crippen LogP contribution in [0, 0.1) is 0 Å². The van der Waals surface area contributed by atoms with Gasteiger partial charge in [-0.2, -0.15) is 0 Å². The van der Waals surface area contributed by atoms with Crippen LogP contribution in [0.1, 0.15) is 21.6 Å². The van der Waals surface area contributed by atoms with E-state index in [9.17, 15) is 0 Å². The molecule has 0 saturated heterocycles. The molecular formula is C16H9ClOS2. The van der Waals surface area contributed by atoms with Gasteiger partial charge in [0.05, 0.1) is 14.8 Å². The third-order valence-electron chi connectivity index (χ3n) is 3.88. The van der Waals surface area contributed by atoms with E-state index in [4.69, 9.17) is 16.3 Å². The van der Waals surface area contributed by atoms with Gasteiger partial charge in [0.15, 0.2) is 0 Å². The number of benzene rings is 2. The van der Waals surface area contributed by atoms with Crippen molar-refractivity contribution in [2.75, 3.05) is 0 Å². The van der Waals surface area contributed by atoms with Crippen molar-refractivity contribution >= 4 is 35.1 Å². The average Bonchev–Trinajstić information content (AvgIpc) is 3.05. The van der Waals surface area contributed by atoms with E-state index in [0.29, 0.717) is 10.5 Å². The SMILES string of the molecule is Clc1cccc2c1Sc1cc3c(cc1O2)C1C=CC3S1. The van der Waals surface area contributed by atoms with Crippen LogP contribution in [0.15, 0.2) is 52.3 Å². The van der Waals surface area contributed by atoms with Gasteiger partial charge in [0.1, 0.15) is 11.5 Å². The highest BCUT2D eigenvalue weighted by atomic mass is 35.5. The Kier molecular flexibility index (Phi) is 2.32. The van der Waals surface area contributed by atoms with Crippen molar-refractivity contribution in [3.05, 3.63) is 58.6 Å². The Morgan fingerprint density at radius 2 is 1.80 bits per heavy atom. The molecule has 0 radical (unpaired) electrons. The maximum absolute atomic E-state index is 6.27. The van der Waals surface area contributed by atoms with Crippen molar-refractivity contribution in [2.24, 2.45) is 0 Å². The molecule has 2 atom stereocenters. The molecule has 2 aromatic rings. The van der Waals surface area contributed by atoms with Crippen LogP contribution in [0.5, 0.6) is 11.5 Å². The Balaban J connectivity index is 1.67. The van der Waals surface area contributed by atoms with Gasteiger partial charge in [-0.3, -0.25) is 0 Å². The smallest absolute Gasteiger partial charge is 0.142 e. The summed E-state index contributed by atoms with van der Waals surface area (Å²) in [5.41, 5.74) is 2.85. The van der Waals surface area contributed by atoms with Gasteiger partial charge < -0.3 is 4.74 Å². The maximum atomic E-state index is 6.27. The van der Waals surface area contributed by atoms with Gasteiger partial charge in [0.2, 0.25) is 0 Å². The highest BCUT2D eigenvalue weighted by Gasteiger charge is 2.35. The first-order valence-corrected chi connectivity index (χ1v) is 8.59. The van der Waals surface area contributed by atoms with Crippen molar-refractivity contribution in [1.82, 2.24) is 0 Å². The number of halogens is 1. The van der Waals surface area contributed by atoms with E-state index in [1.165, 1.54) is 16.0 Å². The summed E-state index contributed by atoms with van der Waals surface area (Å²) in [5, 5.41) is 1.79. The fraction of sp³-hybridized carbons (Fsp3) is 0.125. The van der Waals surface area contributed by atoms with Crippen LogP contribution in [-0.2, 0) is 0 Å². The van der Waals surface area contributed by atoms with Gasteiger partial charge in [-0.25, -0.2) is 0 Å². The molecule has 0 amide bonds. The van der Waals surface area contributed by atoms with Gasteiger partial charge in [-0.15, -0.1) is 11.8 Å². The molecule has 2 bridgehead atoms. The summed E-state index contributed by atoms with van der Waals surface area (Å²) in [6.07, 6.45) is 4.60. The minimum Gasteiger partial charge on any atom is -0.455 e. The highest BCUT2D eigenvalue weighted by molar-refractivity contribution is 8.00. The number of fused-ring (bicyclic) bond motifs is 7. The second kappa shape index (κ2) is 4.00. The van der Waals surface area contributed by atoms with Crippen LogP contribution in [-0.4, -0.2) is 0 Å². The van der Waals surface area contributed by atoms with E-state index in [0.717, 1.165) is 21.4 Å². The fourth-order valence-corrected chi connectivity index (χ4v) is 5.59. The molecule has 98 valence electrons. The summed E-state index contributed by atoms with van der Waals surface area (Å²) in [6.45, 7) is 0. The normalized spacial score (nSPS) is 24.1. The lowest BCUT2D eigenvalue weighted by Crippen LogP contribution is -2.00. The first kappa shape index (κ1) is 11.6. The molecule has 0 aliphatic carbocycles. The van der Waals surface area contributed by atoms with E-state index < -0.39 is 0 Å². The Morgan fingerprint density at radius 3 is 2.65 bits per heavy atom. The summed E-state index contributed by atoms with van der Waals surface area (Å²) in [4.78, 5) is 2.19. The number of hydrogen-bond acceptors (Lipinski definition) is 3. The lowest BCUT2D eigenvalue weighted by molar-refractivity contribution is 0.453. The molecule has 2 unspecified atom stereocenters. The summed E-state index contributed by atoms with van der Waals surface area (Å²) in [5.74, 6) is 1.83. The van der Waals surface area contributed by atoms with Gasteiger partial charge >= 0.3 is 0 Å². The lowest BCUT2D eigenvalue weighted by Gasteiger charge is -2.22. The van der Waals surface area contributed by atoms with Crippen molar-refractivity contribution < 1.29 is 4.74 Å². The topological polar surface area (TPSA) is 9.23 Å². The molecular weight excluding hydrogens is 308 g/mol. The summed E-state index contributed by atoms with van der Waals surface area (Å²) < 4.78 is 6.05. The third kappa shape index (κ3) is 1.49. The molecule has 3 aliphatic heterocycles. The largest absolute Gasteiger partial charge is 0.455 e. The quantitative estimate of drug-likeness (QED) is 0.471. The van der Waals surface area contributed by atoms with Crippen molar-refractivity contribution in [2.45, 2.75) is 20.3 Å². The van der Waals surface area contributed by atoms with E-state index >= 15 is 0 Å². The zero-order valence-electron chi connectivity index (χ0n) is 10.3. The van der Waals surface area contributed by atoms with Crippen LogP contribution >= 0.6 is 35.1 Å². The minimum absolute atomic E-state index is 0.509. The van der Waals surface area contributed by atoms with Gasteiger partial charge in [-0.1, -0.05) is 41.6 Å². The standard InChI is InChI=1S/C16H9ClOS2/c17-10-2-1-3-11-16(10)20-15-7-9-8(6-12(15)18-11)13-4-5-14(9)19-13/h1-7,13-14H. The Morgan fingerprint density at radius 1 is 1.00 bits per heavy atom. The summed E-state index contributed by atoms with van der Waals surface area (Å²) in [7, 11) is 0. The number of ether oxygens (including phenoxy) is 1. The monoisotopic (exact) mass is 316 g/mol. The van der Waals surface area contributed by atoms with Crippen LogP contribution in [0.2, 0.25) is 5.02 Å². The molecule has 3 heterocycles. The molecule has 0 spiro atoms. The molecule has 5 rings (SSSR count). The van der Waals surface area contributed by atoms with Crippen LogP contribution < -0.4 is 4.74 Å². The number of thioether (sulfide) groups is 1. The van der Waals surface area contributed by atoms with Gasteiger partial charge in [0, 0.05) is 10.5 Å². The zero-order chi connectivity index (χ0) is 13.3. The minimum atomic E-state index is 0.509. The third-order valence-corrected chi connectivity index (χ3v) is 6.88. The first-order chi connectivity index (χ1) is 9.79. The van der Waals surface area contributed by atoms with E-state index in [1.807, 2.05) is 30.0 Å². The Hall–Kier alpha value is -1.03. The van der Waals surface area contributed by atoms with Crippen LogP contribution in [0.4, 0.5) is 0 Å². The molecule has 1 nitrogen and oxygen atoms in total. The Bertz CT molecular complexity index is 784. The van der Waals surface area contributed by atoms with E-state index in [-0.39, 0.29) is 0 Å². The van der Waals surface area contributed by atoms with E-state index in [1.54, 1.807) is 11.8 Å². The van der Waals surface area contributed by atoms with Gasteiger partial charge in [0.25, 0.3) is 0 Å². The fourth-order valence-electron chi connectivity index (χ4n) is 2.95. The van der Waals surface area contributed by atoms with Gasteiger partial charge in [-0.05, 0) is 35.4 Å². The summed E-state index contributed by atoms with van der Waals surface area (Å²) in [6, 6.07) is 10.3. The molecule has 4 heteroatoms.